The maximum atomic E-state index is 12.2. The highest BCUT2D eigenvalue weighted by atomic mass is 35.5. The molecule has 104 valence electrons. The van der Waals surface area contributed by atoms with Crippen molar-refractivity contribution in [1.29, 1.82) is 0 Å². The van der Waals surface area contributed by atoms with Crippen LogP contribution in [0.4, 0.5) is 5.69 Å². The van der Waals surface area contributed by atoms with E-state index in [0.717, 1.165) is 0 Å². The zero-order valence-corrected chi connectivity index (χ0v) is 12.6. The van der Waals surface area contributed by atoms with E-state index in [1.54, 1.807) is 6.92 Å². The van der Waals surface area contributed by atoms with E-state index in [4.69, 9.17) is 34.8 Å². The van der Waals surface area contributed by atoms with Crippen LogP contribution in [-0.2, 0) is 0 Å². The summed E-state index contributed by atoms with van der Waals surface area (Å²) in [7, 11) is 0. The molecule has 0 aliphatic heterocycles. The number of aryl methyl sites for hydroxylation is 1. The summed E-state index contributed by atoms with van der Waals surface area (Å²) in [6.07, 6.45) is 0. The average Bonchev–Trinajstić information content (AvgIpc) is 2.35. The van der Waals surface area contributed by atoms with Crippen LogP contribution in [0.5, 0.6) is 5.75 Å². The Morgan fingerprint density at radius 3 is 2.35 bits per heavy atom. The number of amides is 1. The highest BCUT2D eigenvalue weighted by Crippen LogP contribution is 2.32. The topological polar surface area (TPSA) is 49.3 Å². The molecule has 2 aromatic rings. The van der Waals surface area contributed by atoms with Gasteiger partial charge in [-0.2, -0.15) is 0 Å². The third kappa shape index (κ3) is 3.18. The maximum Gasteiger partial charge on any atom is 0.255 e. The van der Waals surface area contributed by atoms with Crippen LogP contribution in [0.15, 0.2) is 30.3 Å². The second kappa shape index (κ2) is 5.92. The summed E-state index contributed by atoms with van der Waals surface area (Å²) in [5, 5.41) is 12.9. The van der Waals surface area contributed by atoms with Gasteiger partial charge in [0.1, 0.15) is 5.75 Å². The van der Waals surface area contributed by atoms with Crippen molar-refractivity contribution >= 4 is 46.4 Å². The minimum absolute atomic E-state index is 0.103. The van der Waals surface area contributed by atoms with Gasteiger partial charge in [-0.1, -0.05) is 34.8 Å². The molecule has 6 heteroatoms. The second-order valence-corrected chi connectivity index (χ2v) is 5.42. The lowest BCUT2D eigenvalue weighted by Crippen LogP contribution is -2.13. The molecule has 1 amide bonds. The molecule has 20 heavy (non-hydrogen) atoms. The fourth-order valence-electron chi connectivity index (χ4n) is 1.71. The van der Waals surface area contributed by atoms with Crippen LogP contribution >= 0.6 is 34.8 Å². The lowest BCUT2D eigenvalue weighted by atomic mass is 10.1. The van der Waals surface area contributed by atoms with E-state index in [0.29, 0.717) is 31.9 Å². The standard InChI is InChI=1S/C14H10Cl3NO2/c1-7-4-8(19)2-3-9(7)14(20)18-13-6-11(16)10(15)5-12(13)17/h2-6,19H,1H3,(H,18,20). The van der Waals surface area contributed by atoms with Crippen LogP contribution in [0.2, 0.25) is 15.1 Å². The number of hydrogen-bond acceptors (Lipinski definition) is 2. The third-order valence-electron chi connectivity index (χ3n) is 2.71. The molecule has 2 N–H and O–H groups in total. The molecule has 0 radical (unpaired) electrons. The number of phenolic OH excluding ortho intramolecular Hbond substituents is 1. The van der Waals surface area contributed by atoms with E-state index in [2.05, 4.69) is 5.32 Å². The van der Waals surface area contributed by atoms with Crippen molar-refractivity contribution in [3.63, 3.8) is 0 Å². The number of aromatic hydroxyl groups is 1. The minimum atomic E-state index is -0.345. The van der Waals surface area contributed by atoms with Crippen molar-refractivity contribution in [3.8, 4) is 5.75 Å². The maximum absolute atomic E-state index is 12.2. The predicted octanol–water partition coefficient (Wildman–Crippen LogP) is 4.91. The van der Waals surface area contributed by atoms with Gasteiger partial charge in [-0.15, -0.1) is 0 Å². The van der Waals surface area contributed by atoms with Gasteiger partial charge in [0.15, 0.2) is 0 Å². The van der Waals surface area contributed by atoms with E-state index in [1.807, 2.05) is 0 Å². The summed E-state index contributed by atoms with van der Waals surface area (Å²) in [4.78, 5) is 12.2. The van der Waals surface area contributed by atoms with Gasteiger partial charge in [0.25, 0.3) is 5.91 Å². The molecule has 3 nitrogen and oxygen atoms in total. The predicted molar refractivity (Wildman–Crippen MR) is 82.3 cm³/mol. The van der Waals surface area contributed by atoms with Gasteiger partial charge in [-0.05, 0) is 42.8 Å². The van der Waals surface area contributed by atoms with Gasteiger partial charge in [0.2, 0.25) is 0 Å². The molecule has 0 saturated heterocycles. The van der Waals surface area contributed by atoms with Gasteiger partial charge >= 0.3 is 0 Å². The van der Waals surface area contributed by atoms with Gasteiger partial charge < -0.3 is 10.4 Å². The van der Waals surface area contributed by atoms with Crippen molar-refractivity contribution < 1.29 is 9.90 Å². The molecule has 0 spiro atoms. The van der Waals surface area contributed by atoms with E-state index in [1.165, 1.54) is 30.3 Å². The SMILES string of the molecule is Cc1cc(O)ccc1C(=O)Nc1cc(Cl)c(Cl)cc1Cl. The molecule has 0 aliphatic rings. The van der Waals surface area contributed by atoms with Crippen molar-refractivity contribution in [2.24, 2.45) is 0 Å². The Labute approximate surface area is 131 Å². The zero-order chi connectivity index (χ0) is 14.9. The molecule has 0 saturated carbocycles. The number of hydrogen-bond donors (Lipinski definition) is 2. The van der Waals surface area contributed by atoms with Crippen LogP contribution in [0, 0.1) is 6.92 Å². The summed E-state index contributed by atoms with van der Waals surface area (Å²) < 4.78 is 0. The average molecular weight is 331 g/mol. The summed E-state index contributed by atoms with van der Waals surface area (Å²) in [5.74, 6) is -0.241. The van der Waals surface area contributed by atoms with E-state index in [-0.39, 0.29) is 11.7 Å². The molecule has 0 fully saturated rings. The molecular weight excluding hydrogens is 321 g/mol. The van der Waals surface area contributed by atoms with Gasteiger partial charge in [0, 0.05) is 5.56 Å². The van der Waals surface area contributed by atoms with Crippen molar-refractivity contribution in [1.82, 2.24) is 0 Å². The number of benzene rings is 2. The molecule has 0 bridgehead atoms. The number of nitrogens with one attached hydrogen (secondary N) is 1. The number of halogens is 3. The van der Waals surface area contributed by atoms with Crippen LogP contribution in [0.25, 0.3) is 0 Å². The third-order valence-corrected chi connectivity index (χ3v) is 3.75. The first-order chi connectivity index (χ1) is 9.38. The quantitative estimate of drug-likeness (QED) is 0.768. The lowest BCUT2D eigenvalue weighted by molar-refractivity contribution is 0.102. The largest absolute Gasteiger partial charge is 0.508 e. The first-order valence-electron chi connectivity index (χ1n) is 5.64. The Morgan fingerprint density at radius 2 is 1.70 bits per heavy atom. The highest BCUT2D eigenvalue weighted by molar-refractivity contribution is 6.44. The normalized spacial score (nSPS) is 10.4. The van der Waals surface area contributed by atoms with Crippen LogP contribution < -0.4 is 5.32 Å². The number of carbonyl (C=O) groups excluding carboxylic acids is 1. The lowest BCUT2D eigenvalue weighted by Gasteiger charge is -2.10. The number of rotatable bonds is 2. The summed E-state index contributed by atoms with van der Waals surface area (Å²) in [6.45, 7) is 1.73. The monoisotopic (exact) mass is 329 g/mol. The summed E-state index contributed by atoms with van der Waals surface area (Å²) >= 11 is 17.7. The molecule has 0 unspecified atom stereocenters. The Bertz CT molecular complexity index is 686. The highest BCUT2D eigenvalue weighted by Gasteiger charge is 2.13. The van der Waals surface area contributed by atoms with E-state index >= 15 is 0 Å². The van der Waals surface area contributed by atoms with Gasteiger partial charge in [0.05, 0.1) is 20.8 Å². The Balaban J connectivity index is 2.30. The number of carbonyl (C=O) groups is 1. The smallest absolute Gasteiger partial charge is 0.255 e. The van der Waals surface area contributed by atoms with Crippen molar-refractivity contribution in [2.45, 2.75) is 6.92 Å². The number of phenols is 1. The fraction of sp³-hybridized carbons (Fsp3) is 0.0714. The molecule has 2 rings (SSSR count). The minimum Gasteiger partial charge on any atom is -0.508 e. The second-order valence-electron chi connectivity index (χ2n) is 4.20. The van der Waals surface area contributed by atoms with Gasteiger partial charge in [-0.25, -0.2) is 0 Å². The Kier molecular flexibility index (Phi) is 4.43. The van der Waals surface area contributed by atoms with E-state index < -0.39 is 0 Å². The number of anilines is 1. The Hall–Kier alpha value is -1.42. The molecule has 0 heterocycles. The molecule has 0 atom stereocenters. The first-order valence-corrected chi connectivity index (χ1v) is 6.77. The zero-order valence-electron chi connectivity index (χ0n) is 10.4. The summed E-state index contributed by atoms with van der Waals surface area (Å²) in [6, 6.07) is 7.43. The van der Waals surface area contributed by atoms with Crippen molar-refractivity contribution in [2.75, 3.05) is 5.32 Å². The molecule has 2 aromatic carbocycles. The van der Waals surface area contributed by atoms with E-state index in [9.17, 15) is 9.90 Å². The molecular formula is C14H10Cl3NO2. The van der Waals surface area contributed by atoms with Crippen LogP contribution in [0.1, 0.15) is 15.9 Å². The molecule has 0 aliphatic carbocycles. The van der Waals surface area contributed by atoms with Crippen molar-refractivity contribution in [3.05, 3.63) is 56.5 Å². The molecule has 0 aromatic heterocycles. The summed E-state index contributed by atoms with van der Waals surface area (Å²) in [5.41, 5.74) is 1.46. The Morgan fingerprint density at radius 1 is 1.05 bits per heavy atom. The first kappa shape index (κ1) is 15.0. The van der Waals surface area contributed by atoms with Crippen LogP contribution in [-0.4, -0.2) is 11.0 Å². The fourth-order valence-corrected chi connectivity index (χ4v) is 2.30. The van der Waals surface area contributed by atoms with Gasteiger partial charge in [-0.3, -0.25) is 4.79 Å². The van der Waals surface area contributed by atoms with Crippen LogP contribution in [0.3, 0.4) is 0 Å².